The van der Waals surface area contributed by atoms with Crippen molar-refractivity contribution in [1.82, 2.24) is 0 Å². The zero-order valence-electron chi connectivity index (χ0n) is 6.10. The van der Waals surface area contributed by atoms with Crippen LogP contribution in [-0.4, -0.2) is 9.53 Å². The Morgan fingerprint density at radius 1 is 1.42 bits per heavy atom. The topological polar surface area (TPSA) is 20.2 Å². The van der Waals surface area contributed by atoms with Crippen molar-refractivity contribution < 1.29 is 5.11 Å². The number of aliphatic hydroxyl groups is 1. The van der Waals surface area contributed by atoms with Crippen molar-refractivity contribution in [2.75, 3.05) is 4.43 Å². The Kier molecular flexibility index (Phi) is 4.10. The molecule has 0 aromatic heterocycles. The van der Waals surface area contributed by atoms with Crippen LogP contribution in [0.3, 0.4) is 0 Å². The molecule has 1 rings (SSSR count). The van der Waals surface area contributed by atoms with Crippen LogP contribution in [0.15, 0.2) is 18.2 Å². The van der Waals surface area contributed by atoms with Crippen LogP contribution >= 0.6 is 45.8 Å². The summed E-state index contributed by atoms with van der Waals surface area (Å²) in [6.07, 6.45) is -0.504. The molecule has 0 saturated carbocycles. The number of halogens is 3. The van der Waals surface area contributed by atoms with Gasteiger partial charge in [-0.3, -0.25) is 0 Å². The maximum atomic E-state index is 9.47. The minimum atomic E-state index is -0.504. The fourth-order valence-corrected chi connectivity index (χ4v) is 1.86. The molecule has 0 amide bonds. The third-order valence-corrected chi connectivity index (χ3v) is 2.86. The van der Waals surface area contributed by atoms with E-state index in [1.54, 1.807) is 18.2 Å². The van der Waals surface area contributed by atoms with Gasteiger partial charge in [0.05, 0.1) is 6.10 Å². The molecule has 0 spiro atoms. The van der Waals surface area contributed by atoms with Crippen molar-refractivity contribution in [1.29, 1.82) is 0 Å². The number of hydrogen-bond donors (Lipinski definition) is 1. The van der Waals surface area contributed by atoms with Crippen LogP contribution in [-0.2, 0) is 0 Å². The summed E-state index contributed by atoms with van der Waals surface area (Å²) in [5.41, 5.74) is 0.732. The first kappa shape index (κ1) is 10.6. The lowest BCUT2D eigenvalue weighted by Gasteiger charge is -2.08. The van der Waals surface area contributed by atoms with E-state index in [-0.39, 0.29) is 0 Å². The van der Waals surface area contributed by atoms with Gasteiger partial charge in [0.25, 0.3) is 0 Å². The molecule has 0 aliphatic carbocycles. The predicted octanol–water partition coefficient (Wildman–Crippen LogP) is 3.46. The highest BCUT2D eigenvalue weighted by atomic mass is 127. The second-order valence-electron chi connectivity index (χ2n) is 2.34. The smallest absolute Gasteiger partial charge is 0.0893 e. The van der Waals surface area contributed by atoms with E-state index in [2.05, 4.69) is 22.6 Å². The van der Waals surface area contributed by atoms with E-state index < -0.39 is 6.10 Å². The Bertz CT molecular complexity index is 278. The van der Waals surface area contributed by atoms with E-state index in [9.17, 15) is 5.11 Å². The number of alkyl halides is 1. The molecule has 0 unspecified atom stereocenters. The first-order valence-electron chi connectivity index (χ1n) is 3.34. The normalized spacial score (nSPS) is 13.0. The summed E-state index contributed by atoms with van der Waals surface area (Å²) in [6.45, 7) is 0. The number of aliphatic hydroxyl groups excluding tert-OH is 1. The molecule has 0 radical (unpaired) electrons. The van der Waals surface area contributed by atoms with E-state index in [0.717, 1.165) is 5.56 Å². The van der Waals surface area contributed by atoms with Crippen LogP contribution in [0.1, 0.15) is 11.7 Å². The number of rotatable bonds is 2. The van der Waals surface area contributed by atoms with Gasteiger partial charge in [-0.15, -0.1) is 0 Å². The number of benzene rings is 1. The third kappa shape index (κ3) is 2.49. The Hall–Kier alpha value is 0.490. The minimum absolute atomic E-state index is 0.504. The zero-order valence-corrected chi connectivity index (χ0v) is 9.77. The van der Waals surface area contributed by atoms with Crippen LogP contribution in [0.2, 0.25) is 10.0 Å². The van der Waals surface area contributed by atoms with Gasteiger partial charge in [0.2, 0.25) is 0 Å². The molecule has 1 N–H and O–H groups in total. The van der Waals surface area contributed by atoms with Gasteiger partial charge in [-0.05, 0) is 17.7 Å². The predicted molar refractivity (Wildman–Crippen MR) is 60.3 cm³/mol. The molecule has 0 bridgehead atoms. The number of hydrogen-bond acceptors (Lipinski definition) is 1. The van der Waals surface area contributed by atoms with Crippen LogP contribution < -0.4 is 0 Å². The van der Waals surface area contributed by atoms with Crippen molar-refractivity contribution in [3.8, 4) is 0 Å². The van der Waals surface area contributed by atoms with Gasteiger partial charge in [-0.1, -0.05) is 51.9 Å². The van der Waals surface area contributed by atoms with Crippen LogP contribution in [0.4, 0.5) is 0 Å². The molecule has 1 aromatic rings. The second kappa shape index (κ2) is 4.65. The summed E-state index contributed by atoms with van der Waals surface area (Å²) in [6, 6.07) is 5.10. The summed E-state index contributed by atoms with van der Waals surface area (Å²) in [5, 5.41) is 10.6. The fourth-order valence-electron chi connectivity index (χ4n) is 0.855. The molecule has 0 fully saturated rings. The Balaban J connectivity index is 3.01. The average Bonchev–Trinajstić information content (AvgIpc) is 2.03. The summed E-state index contributed by atoms with van der Waals surface area (Å²) in [5.74, 6) is 0. The minimum Gasteiger partial charge on any atom is -0.388 e. The highest BCUT2D eigenvalue weighted by molar-refractivity contribution is 14.1. The highest BCUT2D eigenvalue weighted by Gasteiger charge is 2.09. The molecule has 4 heteroatoms. The second-order valence-corrected chi connectivity index (χ2v) is 4.06. The molecule has 12 heavy (non-hydrogen) atoms. The summed E-state index contributed by atoms with van der Waals surface area (Å²) in [7, 11) is 0. The van der Waals surface area contributed by atoms with Crippen molar-refractivity contribution in [3.05, 3.63) is 33.8 Å². The van der Waals surface area contributed by atoms with E-state index >= 15 is 0 Å². The molecule has 0 aliphatic heterocycles. The lowest BCUT2D eigenvalue weighted by Crippen LogP contribution is -1.98. The molecular formula is C8H7Cl2IO. The molecule has 0 heterocycles. The Morgan fingerprint density at radius 3 is 2.58 bits per heavy atom. The lowest BCUT2D eigenvalue weighted by molar-refractivity contribution is 0.207. The maximum Gasteiger partial charge on any atom is 0.0893 e. The van der Waals surface area contributed by atoms with E-state index in [0.29, 0.717) is 14.5 Å². The Morgan fingerprint density at radius 2 is 2.08 bits per heavy atom. The molecule has 1 nitrogen and oxygen atoms in total. The lowest BCUT2D eigenvalue weighted by atomic mass is 10.1. The van der Waals surface area contributed by atoms with E-state index in [1.165, 1.54) is 0 Å². The van der Waals surface area contributed by atoms with Crippen LogP contribution in [0.25, 0.3) is 0 Å². The van der Waals surface area contributed by atoms with Crippen molar-refractivity contribution in [2.24, 2.45) is 0 Å². The summed E-state index contributed by atoms with van der Waals surface area (Å²) >= 11 is 13.7. The first-order chi connectivity index (χ1) is 5.65. The third-order valence-electron chi connectivity index (χ3n) is 1.47. The largest absolute Gasteiger partial charge is 0.388 e. The van der Waals surface area contributed by atoms with E-state index in [4.69, 9.17) is 23.2 Å². The highest BCUT2D eigenvalue weighted by Crippen LogP contribution is 2.26. The van der Waals surface area contributed by atoms with Gasteiger partial charge in [0.15, 0.2) is 0 Å². The SMILES string of the molecule is O[C@H](CI)c1ccc(Cl)cc1Cl. The zero-order chi connectivity index (χ0) is 9.14. The van der Waals surface area contributed by atoms with Crippen LogP contribution in [0.5, 0.6) is 0 Å². The Labute approximate surface area is 94.8 Å². The first-order valence-corrected chi connectivity index (χ1v) is 5.62. The van der Waals surface area contributed by atoms with Crippen molar-refractivity contribution >= 4 is 45.8 Å². The molecule has 0 saturated heterocycles. The molecular weight excluding hydrogens is 310 g/mol. The maximum absolute atomic E-state index is 9.47. The van der Waals surface area contributed by atoms with Crippen LogP contribution in [0, 0.1) is 0 Å². The van der Waals surface area contributed by atoms with Crippen molar-refractivity contribution in [3.63, 3.8) is 0 Å². The molecule has 0 aliphatic rings. The van der Waals surface area contributed by atoms with Crippen molar-refractivity contribution in [2.45, 2.75) is 6.10 Å². The molecule has 1 aromatic carbocycles. The van der Waals surface area contributed by atoms with Gasteiger partial charge in [0, 0.05) is 14.5 Å². The standard InChI is InChI=1S/C8H7Cl2IO/c9-5-1-2-6(7(10)3-5)8(12)4-11/h1-3,8,12H,4H2/t8-/m1/s1. The molecule has 66 valence electrons. The monoisotopic (exact) mass is 316 g/mol. The molecule has 1 atom stereocenters. The van der Waals surface area contributed by atoms with Gasteiger partial charge in [0.1, 0.15) is 0 Å². The quantitative estimate of drug-likeness (QED) is 0.654. The van der Waals surface area contributed by atoms with Gasteiger partial charge in [-0.2, -0.15) is 0 Å². The average molecular weight is 317 g/mol. The van der Waals surface area contributed by atoms with Gasteiger partial charge >= 0.3 is 0 Å². The summed E-state index contributed by atoms with van der Waals surface area (Å²) < 4.78 is 0.624. The van der Waals surface area contributed by atoms with Gasteiger partial charge in [-0.25, -0.2) is 0 Å². The van der Waals surface area contributed by atoms with Gasteiger partial charge < -0.3 is 5.11 Å². The summed E-state index contributed by atoms with van der Waals surface area (Å²) in [4.78, 5) is 0. The van der Waals surface area contributed by atoms with E-state index in [1.807, 2.05) is 0 Å². The fraction of sp³-hybridized carbons (Fsp3) is 0.250.